The van der Waals surface area contributed by atoms with Gasteiger partial charge in [0.05, 0.1) is 40.6 Å². The zero-order valence-corrected chi connectivity index (χ0v) is 22.9. The normalized spacial score (nSPS) is 14.4. The Morgan fingerprint density at radius 3 is 2.25 bits per heavy atom. The molecule has 0 bridgehead atoms. The number of carbonyl (C=O) groups is 1. The molecule has 0 saturated carbocycles. The Hall–Kier alpha value is -3.22. The van der Waals surface area contributed by atoms with E-state index in [1.54, 1.807) is 33.7 Å². The molecule has 210 valence electrons. The Morgan fingerprint density at radius 2 is 1.62 bits per heavy atom. The fourth-order valence-corrected chi connectivity index (χ4v) is 5.21. The van der Waals surface area contributed by atoms with Crippen molar-refractivity contribution in [2.45, 2.75) is 12.3 Å². The molecule has 0 aliphatic carbocycles. The van der Waals surface area contributed by atoms with E-state index in [2.05, 4.69) is 0 Å². The van der Waals surface area contributed by atoms with Crippen molar-refractivity contribution in [1.82, 2.24) is 9.47 Å². The van der Waals surface area contributed by atoms with E-state index in [4.69, 9.17) is 36.4 Å². The van der Waals surface area contributed by atoms with Gasteiger partial charge in [-0.1, -0.05) is 41.4 Å². The van der Waals surface area contributed by atoms with E-state index in [-0.39, 0.29) is 38.2 Å². The van der Waals surface area contributed by atoms with Crippen LogP contribution in [0.1, 0.15) is 33.3 Å². The predicted molar refractivity (Wildman–Crippen MR) is 144 cm³/mol. The van der Waals surface area contributed by atoms with Crippen molar-refractivity contribution < 1.29 is 36.2 Å². The first-order valence-electron chi connectivity index (χ1n) is 11.8. The molecule has 1 fully saturated rings. The summed E-state index contributed by atoms with van der Waals surface area (Å²) in [6.07, 6.45) is -5.97. The van der Waals surface area contributed by atoms with Crippen molar-refractivity contribution in [2.24, 2.45) is 0 Å². The van der Waals surface area contributed by atoms with E-state index in [0.29, 0.717) is 37.5 Å². The van der Waals surface area contributed by atoms with Gasteiger partial charge in [-0.2, -0.15) is 21.6 Å². The smallest absolute Gasteiger partial charge is 0.382 e. The van der Waals surface area contributed by atoms with Gasteiger partial charge in [0.2, 0.25) is 0 Å². The lowest BCUT2D eigenvalue weighted by atomic mass is 10.0. The molecule has 40 heavy (non-hydrogen) atoms. The number of aliphatic hydroxyl groups is 1. The Morgan fingerprint density at radius 1 is 0.975 bits per heavy atom. The summed E-state index contributed by atoms with van der Waals surface area (Å²) < 4.78 is 63.8. The lowest BCUT2D eigenvalue weighted by molar-refractivity contribution is -0.137. The summed E-state index contributed by atoms with van der Waals surface area (Å²) in [5.74, 6) is -0.322. The highest BCUT2D eigenvalue weighted by atomic mass is 35.5. The maximum Gasteiger partial charge on any atom is 0.416 e. The van der Waals surface area contributed by atoms with Gasteiger partial charge >= 0.3 is 17.7 Å². The Balaban J connectivity index is 0.00000118. The number of hydrogen-bond acceptors (Lipinski definition) is 5. The number of fused-ring (bicyclic) bond motifs is 1. The van der Waals surface area contributed by atoms with Crippen LogP contribution in [0, 0.1) is 0 Å². The van der Waals surface area contributed by atoms with Crippen LogP contribution in [0.25, 0.3) is 16.6 Å². The van der Waals surface area contributed by atoms with E-state index in [0.717, 1.165) is 12.1 Å². The van der Waals surface area contributed by atoms with Crippen molar-refractivity contribution in [3.05, 3.63) is 99.2 Å². The molecule has 1 aliphatic heterocycles. The molecule has 1 aromatic heterocycles. The van der Waals surface area contributed by atoms with Gasteiger partial charge in [0, 0.05) is 34.7 Å². The maximum atomic E-state index is 13.4. The lowest BCUT2D eigenvalue weighted by Gasteiger charge is -2.28. The molecular weight excluding hydrogens is 592 g/mol. The van der Waals surface area contributed by atoms with E-state index in [9.17, 15) is 23.1 Å². The Labute approximate surface area is 240 Å². The summed E-state index contributed by atoms with van der Waals surface area (Å²) in [6, 6.07) is 16.8. The highest BCUT2D eigenvalue weighted by Crippen LogP contribution is 2.40. The van der Waals surface area contributed by atoms with Crippen LogP contribution in [0.4, 0.5) is 13.2 Å². The second-order valence-corrected chi connectivity index (χ2v) is 9.63. The van der Waals surface area contributed by atoms with Crippen LogP contribution in [0.15, 0.2) is 66.7 Å². The highest BCUT2D eigenvalue weighted by molar-refractivity contribution is 7.51. The summed E-state index contributed by atoms with van der Waals surface area (Å²) in [5.41, 5.74) is 0.795. The van der Waals surface area contributed by atoms with Crippen LogP contribution < -0.4 is 0 Å². The summed E-state index contributed by atoms with van der Waals surface area (Å²) in [7, 11) is 0. The third-order valence-electron chi connectivity index (χ3n) is 6.38. The molecule has 7 nitrogen and oxygen atoms in total. The summed E-state index contributed by atoms with van der Waals surface area (Å²) >= 11 is 12.4. The number of hydrogen-bond donors (Lipinski definition) is 1. The maximum absolute atomic E-state index is 13.4. The second-order valence-electron chi connectivity index (χ2n) is 8.71. The fraction of sp³-hybridized carbons (Fsp3) is 0.222. The molecule has 0 spiro atoms. The molecule has 1 N–H and O–H groups in total. The van der Waals surface area contributed by atoms with Gasteiger partial charge in [-0.25, -0.2) is 0 Å². The number of halogens is 5. The molecule has 1 amide bonds. The van der Waals surface area contributed by atoms with Crippen molar-refractivity contribution in [2.75, 3.05) is 26.3 Å². The number of rotatable bonds is 4. The van der Waals surface area contributed by atoms with Crippen LogP contribution in [-0.2, 0) is 22.5 Å². The number of aliphatic hydroxyl groups excluding tert-OH is 1. The molecular formula is C27H21Cl2F3N2O5S. The van der Waals surface area contributed by atoms with Crippen LogP contribution in [-0.4, -0.2) is 55.2 Å². The number of aromatic nitrogens is 1. The number of benzene rings is 3. The van der Waals surface area contributed by atoms with Gasteiger partial charge in [-0.3, -0.25) is 4.79 Å². The molecule has 2 heterocycles. The van der Waals surface area contributed by atoms with Crippen molar-refractivity contribution >= 4 is 51.6 Å². The molecule has 13 heteroatoms. The van der Waals surface area contributed by atoms with Crippen LogP contribution >= 0.6 is 23.2 Å². The average Bonchev–Trinajstić information content (AvgIpc) is 3.33. The Bertz CT molecular complexity index is 1570. The van der Waals surface area contributed by atoms with Gasteiger partial charge < -0.3 is 19.3 Å². The molecule has 5 rings (SSSR count). The van der Waals surface area contributed by atoms with Crippen molar-refractivity contribution in [3.63, 3.8) is 0 Å². The number of ether oxygens (including phenoxy) is 1. The standard InChI is InChI=1S/C27H21Cl2F3N2O3.O2S/c28-20-8-7-19(26(36)33-10-12-37-13-11-33)24(29)23(20)25(35)22-15-16-14-17(27(30,31)32)6-9-21(16)34(22)18-4-2-1-3-5-18;1-3-2/h1-9,14-15,25,35H,10-13H2;. The third kappa shape index (κ3) is 6.08. The number of nitrogens with zero attached hydrogens (tertiary/aromatic N) is 2. The monoisotopic (exact) mass is 612 g/mol. The van der Waals surface area contributed by atoms with Gasteiger partial charge in [0.1, 0.15) is 6.10 Å². The zero-order valence-electron chi connectivity index (χ0n) is 20.5. The molecule has 4 aromatic rings. The van der Waals surface area contributed by atoms with E-state index in [1.807, 2.05) is 6.07 Å². The summed E-state index contributed by atoms with van der Waals surface area (Å²) in [4.78, 5) is 14.8. The first-order valence-corrected chi connectivity index (χ1v) is 13.2. The number of para-hydroxylation sites is 1. The molecule has 1 aliphatic rings. The zero-order chi connectivity index (χ0) is 29.0. The van der Waals surface area contributed by atoms with Crippen molar-refractivity contribution in [3.8, 4) is 5.69 Å². The topological polar surface area (TPSA) is 88.8 Å². The average molecular weight is 613 g/mol. The second kappa shape index (κ2) is 12.5. The molecule has 1 saturated heterocycles. The first kappa shape index (κ1) is 29.8. The minimum absolute atomic E-state index is 0.0164. The Kier molecular flexibility index (Phi) is 9.32. The molecule has 0 radical (unpaired) electrons. The number of alkyl halides is 3. The van der Waals surface area contributed by atoms with E-state index in [1.165, 1.54) is 24.3 Å². The van der Waals surface area contributed by atoms with Crippen molar-refractivity contribution in [1.29, 1.82) is 0 Å². The molecule has 1 atom stereocenters. The van der Waals surface area contributed by atoms with Gasteiger partial charge in [0.25, 0.3) is 5.91 Å². The predicted octanol–water partition coefficient (Wildman–Crippen LogP) is 5.84. The SMILES string of the molecule is O=C(c1ccc(Cl)c(C(O)c2cc3cc(C(F)(F)F)ccc3n2-c2ccccc2)c1Cl)N1CCOCC1.O=S=O. The van der Waals surface area contributed by atoms with E-state index < -0.39 is 29.4 Å². The first-order chi connectivity index (χ1) is 19.1. The quantitative estimate of drug-likeness (QED) is 0.313. The minimum Gasteiger partial charge on any atom is -0.382 e. The molecule has 1 unspecified atom stereocenters. The minimum atomic E-state index is -4.53. The highest BCUT2D eigenvalue weighted by Gasteiger charge is 2.32. The van der Waals surface area contributed by atoms with E-state index >= 15 is 0 Å². The van der Waals surface area contributed by atoms with Gasteiger partial charge in [0.15, 0.2) is 0 Å². The van der Waals surface area contributed by atoms with Crippen LogP contribution in [0.2, 0.25) is 10.0 Å². The fourth-order valence-electron chi connectivity index (χ4n) is 4.55. The van der Waals surface area contributed by atoms with Gasteiger partial charge in [-0.15, -0.1) is 0 Å². The van der Waals surface area contributed by atoms with Crippen LogP contribution in [0.5, 0.6) is 0 Å². The summed E-state index contributed by atoms with van der Waals surface area (Å²) in [6.45, 7) is 1.62. The number of carbonyl (C=O) groups excluding carboxylic acids is 1. The summed E-state index contributed by atoms with van der Waals surface area (Å²) in [5, 5.41) is 12.0. The third-order valence-corrected chi connectivity index (χ3v) is 7.12. The lowest BCUT2D eigenvalue weighted by Crippen LogP contribution is -2.40. The largest absolute Gasteiger partial charge is 0.416 e. The molecule has 3 aromatic carbocycles. The number of amides is 1. The van der Waals surface area contributed by atoms with Gasteiger partial charge in [-0.05, 0) is 48.5 Å². The van der Waals surface area contributed by atoms with Crippen LogP contribution in [0.3, 0.4) is 0 Å². The number of morpholine rings is 1.